The quantitative estimate of drug-likeness (QED) is 0.797. The van der Waals surface area contributed by atoms with Gasteiger partial charge in [0.05, 0.1) is 23.5 Å². The second-order valence-corrected chi connectivity index (χ2v) is 8.45. The first-order valence-electron chi connectivity index (χ1n) is 8.71. The molecule has 7 heteroatoms. The van der Waals surface area contributed by atoms with Gasteiger partial charge in [-0.1, -0.05) is 54.6 Å². The molecular formula is C21H17NO5S. The van der Waals surface area contributed by atoms with Crippen molar-refractivity contribution in [3.63, 3.8) is 0 Å². The van der Waals surface area contributed by atoms with Gasteiger partial charge in [0.15, 0.2) is 0 Å². The summed E-state index contributed by atoms with van der Waals surface area (Å²) < 4.78 is 27.6. The number of hydrogen-bond acceptors (Lipinski definition) is 5. The Morgan fingerprint density at radius 1 is 0.929 bits per heavy atom. The summed E-state index contributed by atoms with van der Waals surface area (Å²) in [5, 5.41) is 9.46. The van der Waals surface area contributed by atoms with E-state index in [0.29, 0.717) is 11.1 Å². The van der Waals surface area contributed by atoms with Crippen LogP contribution in [0.2, 0.25) is 0 Å². The van der Waals surface area contributed by atoms with E-state index >= 15 is 0 Å². The van der Waals surface area contributed by atoms with Crippen LogP contribution in [0.5, 0.6) is 0 Å². The normalized spacial score (nSPS) is 22.0. The summed E-state index contributed by atoms with van der Waals surface area (Å²) in [7, 11) is -3.96. The zero-order chi connectivity index (χ0) is 19.9. The number of Topliss-reactive ketones (excluding diaryl/α,β-unsaturated/α-hetero) is 2. The average Bonchev–Trinajstić information content (AvgIpc) is 3.12. The van der Waals surface area contributed by atoms with Gasteiger partial charge in [0, 0.05) is 11.8 Å². The Balaban J connectivity index is 1.90. The largest absolute Gasteiger partial charge is 0.392 e. The zero-order valence-corrected chi connectivity index (χ0v) is 15.5. The maximum absolute atomic E-state index is 13.2. The summed E-state index contributed by atoms with van der Waals surface area (Å²) in [5.41, 5.74) is 1.06. The summed E-state index contributed by atoms with van der Waals surface area (Å²) in [6.45, 7) is -0.617. The third-order valence-corrected chi connectivity index (χ3v) is 6.77. The number of rotatable bonds is 4. The summed E-state index contributed by atoms with van der Waals surface area (Å²) in [6, 6.07) is 15.9. The monoisotopic (exact) mass is 395 g/mol. The number of nitrogens with zero attached hydrogens (tertiary/aromatic N) is 1. The Labute approximate surface area is 162 Å². The predicted octanol–water partition coefficient (Wildman–Crippen LogP) is 1.79. The van der Waals surface area contributed by atoms with Crippen molar-refractivity contribution in [3.05, 3.63) is 84.1 Å². The molecule has 4 rings (SSSR count). The van der Waals surface area contributed by atoms with Crippen LogP contribution in [-0.4, -0.2) is 42.0 Å². The second kappa shape index (κ2) is 6.85. The highest BCUT2D eigenvalue weighted by atomic mass is 32.2. The van der Waals surface area contributed by atoms with Crippen molar-refractivity contribution < 1.29 is 23.1 Å². The third kappa shape index (κ3) is 2.80. The number of fused-ring (bicyclic) bond motifs is 1. The van der Waals surface area contributed by atoms with Crippen LogP contribution in [0, 0.1) is 5.92 Å². The van der Waals surface area contributed by atoms with E-state index in [2.05, 4.69) is 0 Å². The molecule has 142 valence electrons. The summed E-state index contributed by atoms with van der Waals surface area (Å²) in [4.78, 5) is 25.2. The Kier molecular flexibility index (Phi) is 4.49. The van der Waals surface area contributed by atoms with Gasteiger partial charge in [-0.3, -0.25) is 13.9 Å². The number of ketones is 2. The van der Waals surface area contributed by atoms with E-state index in [1.807, 2.05) is 6.07 Å². The lowest BCUT2D eigenvalue weighted by Gasteiger charge is -2.30. The molecule has 2 atom stereocenters. The van der Waals surface area contributed by atoms with Gasteiger partial charge in [-0.05, 0) is 23.3 Å². The molecule has 28 heavy (non-hydrogen) atoms. The Bertz CT molecular complexity index is 1100. The van der Waals surface area contributed by atoms with Gasteiger partial charge in [0.1, 0.15) is 0 Å². The third-order valence-electron chi connectivity index (χ3n) is 5.00. The molecule has 6 nitrogen and oxygen atoms in total. The first-order valence-corrected chi connectivity index (χ1v) is 10.1. The van der Waals surface area contributed by atoms with Crippen molar-refractivity contribution in [1.82, 2.24) is 4.31 Å². The van der Waals surface area contributed by atoms with Crippen molar-refractivity contribution in [3.8, 4) is 0 Å². The van der Waals surface area contributed by atoms with E-state index in [1.54, 1.807) is 42.5 Å². The second-order valence-electron chi connectivity index (χ2n) is 6.61. The maximum atomic E-state index is 13.2. The molecule has 0 spiro atoms. The van der Waals surface area contributed by atoms with Crippen LogP contribution in [-0.2, 0) is 19.6 Å². The summed E-state index contributed by atoms with van der Waals surface area (Å²) >= 11 is 0. The molecule has 0 radical (unpaired) electrons. The zero-order valence-electron chi connectivity index (χ0n) is 14.7. The van der Waals surface area contributed by atoms with Gasteiger partial charge in [0.2, 0.25) is 11.6 Å². The van der Waals surface area contributed by atoms with Crippen LogP contribution >= 0.6 is 0 Å². The lowest BCUT2D eigenvalue weighted by atomic mass is 9.79. The highest BCUT2D eigenvalue weighted by molar-refractivity contribution is 7.89. The molecule has 2 unspecified atom stereocenters. The minimum absolute atomic E-state index is 0.0813. The van der Waals surface area contributed by atoms with E-state index in [0.717, 1.165) is 4.31 Å². The van der Waals surface area contributed by atoms with Crippen LogP contribution < -0.4 is 0 Å². The number of benzene rings is 2. The number of sulfonamides is 1. The Morgan fingerprint density at radius 3 is 2.14 bits per heavy atom. The molecule has 1 N–H and O–H groups in total. The van der Waals surface area contributed by atoms with Crippen molar-refractivity contribution in [2.45, 2.75) is 10.9 Å². The van der Waals surface area contributed by atoms with E-state index in [4.69, 9.17) is 0 Å². The van der Waals surface area contributed by atoms with E-state index in [9.17, 15) is 23.1 Å². The number of hydrogen-bond donors (Lipinski definition) is 1. The molecule has 0 amide bonds. The fourth-order valence-electron chi connectivity index (χ4n) is 3.63. The lowest BCUT2D eigenvalue weighted by molar-refractivity contribution is -0.137. The Hall–Kier alpha value is -3.03. The van der Waals surface area contributed by atoms with Crippen molar-refractivity contribution in [2.24, 2.45) is 5.92 Å². The highest BCUT2D eigenvalue weighted by Gasteiger charge is 2.49. The maximum Gasteiger partial charge on any atom is 0.264 e. The van der Waals surface area contributed by atoms with Crippen molar-refractivity contribution >= 4 is 27.2 Å². The number of aliphatic hydroxyl groups excluding tert-OH is 1. The minimum Gasteiger partial charge on any atom is -0.392 e. The average molecular weight is 395 g/mol. The Morgan fingerprint density at radius 2 is 1.54 bits per heavy atom. The summed E-state index contributed by atoms with van der Waals surface area (Å²) in [5.74, 6) is -2.43. The van der Waals surface area contributed by atoms with Crippen LogP contribution in [0.4, 0.5) is 0 Å². The molecule has 0 aromatic heterocycles. The predicted molar refractivity (Wildman–Crippen MR) is 102 cm³/mol. The molecule has 1 heterocycles. The molecule has 2 aromatic carbocycles. The molecule has 0 saturated carbocycles. The van der Waals surface area contributed by atoms with E-state index in [-0.39, 0.29) is 10.5 Å². The van der Waals surface area contributed by atoms with Crippen LogP contribution in [0.15, 0.2) is 83.4 Å². The molecular weight excluding hydrogens is 378 g/mol. The number of aliphatic hydroxyl groups is 1. The fraction of sp³-hybridized carbons (Fsp3) is 0.143. The first kappa shape index (κ1) is 18.3. The highest BCUT2D eigenvalue weighted by Crippen LogP contribution is 2.42. The van der Waals surface area contributed by atoms with Gasteiger partial charge in [-0.15, -0.1) is 0 Å². The fourth-order valence-corrected chi connectivity index (χ4v) is 5.13. The summed E-state index contributed by atoms with van der Waals surface area (Å²) in [6.07, 6.45) is 2.82. The SMILES string of the molecule is O=C1C(=O)C2C(c3ccccc3)=CN(S(=O)(=O)c3ccccc3)C2C=C1CO. The lowest BCUT2D eigenvalue weighted by Crippen LogP contribution is -2.44. The van der Waals surface area contributed by atoms with Crippen LogP contribution in [0.3, 0.4) is 0 Å². The molecule has 1 aliphatic heterocycles. The first-order chi connectivity index (χ1) is 13.4. The molecule has 0 bridgehead atoms. The van der Waals surface area contributed by atoms with Crippen molar-refractivity contribution in [2.75, 3.05) is 6.61 Å². The van der Waals surface area contributed by atoms with Crippen LogP contribution in [0.25, 0.3) is 5.57 Å². The van der Waals surface area contributed by atoms with Gasteiger partial charge >= 0.3 is 0 Å². The smallest absolute Gasteiger partial charge is 0.264 e. The number of carbonyl (C=O) groups is 2. The van der Waals surface area contributed by atoms with E-state index < -0.39 is 40.2 Å². The molecule has 0 fully saturated rings. The topological polar surface area (TPSA) is 91.8 Å². The minimum atomic E-state index is -3.96. The van der Waals surface area contributed by atoms with E-state index in [1.165, 1.54) is 24.4 Å². The van der Waals surface area contributed by atoms with Gasteiger partial charge in [-0.2, -0.15) is 0 Å². The molecule has 2 aliphatic rings. The standard InChI is InChI=1S/C21H17NO5S/c23-13-15-11-18-19(21(25)20(15)24)17(14-7-3-1-4-8-14)12-22(18)28(26,27)16-9-5-2-6-10-16/h1-12,18-19,23H,13H2. The molecule has 2 aromatic rings. The van der Waals surface area contributed by atoms with Gasteiger partial charge in [0.25, 0.3) is 10.0 Å². The molecule has 0 saturated heterocycles. The van der Waals surface area contributed by atoms with Gasteiger partial charge in [-0.25, -0.2) is 8.42 Å². The van der Waals surface area contributed by atoms with Crippen molar-refractivity contribution in [1.29, 1.82) is 0 Å². The van der Waals surface area contributed by atoms with Crippen LogP contribution in [0.1, 0.15) is 5.56 Å². The number of carbonyl (C=O) groups excluding carboxylic acids is 2. The van der Waals surface area contributed by atoms with Gasteiger partial charge < -0.3 is 5.11 Å². The molecule has 1 aliphatic carbocycles.